The topological polar surface area (TPSA) is 38.0 Å². The van der Waals surface area contributed by atoms with Crippen LogP contribution in [0, 0.1) is 11.3 Å². The van der Waals surface area contributed by atoms with Crippen molar-refractivity contribution in [2.24, 2.45) is 17.2 Å². The van der Waals surface area contributed by atoms with Gasteiger partial charge in [-0.1, -0.05) is 32.0 Å². The molecule has 1 aliphatic rings. The fraction of sp³-hybridized carbons (Fsp3) is 0.429. The van der Waals surface area contributed by atoms with Gasteiger partial charge in [-0.3, -0.25) is 11.3 Å². The van der Waals surface area contributed by atoms with Gasteiger partial charge in [-0.05, 0) is 40.1 Å². The lowest BCUT2D eigenvalue weighted by Crippen LogP contribution is -2.30. The molecule has 0 amide bonds. The Morgan fingerprint density at radius 3 is 2.82 bits per heavy atom. The van der Waals surface area contributed by atoms with Crippen LogP contribution in [0.4, 0.5) is 0 Å². The van der Waals surface area contributed by atoms with Crippen LogP contribution < -0.4 is 11.3 Å². The Morgan fingerprint density at radius 1 is 1.41 bits per heavy atom. The average Bonchev–Trinajstić information content (AvgIpc) is 2.77. The molecule has 1 saturated carbocycles. The molecule has 1 fully saturated rings. The van der Waals surface area contributed by atoms with Crippen LogP contribution in [0.25, 0.3) is 10.1 Å². The highest BCUT2D eigenvalue weighted by atomic mass is 32.1. The standard InChI is InChI=1S/C14H18N2S/c1-14(2)8-11(14)12(16-15)10-5-3-4-9-6-7-17-13(9)10/h3-7,11-12,16H,8,15H2,1-2H3. The summed E-state index contributed by atoms with van der Waals surface area (Å²) in [6.07, 6.45) is 1.25. The molecule has 0 aliphatic heterocycles. The first-order valence-corrected chi connectivity index (χ1v) is 6.94. The van der Waals surface area contributed by atoms with E-state index in [0.717, 1.165) is 0 Å². The monoisotopic (exact) mass is 246 g/mol. The Kier molecular flexibility index (Phi) is 2.51. The number of nitrogens with one attached hydrogen (secondary N) is 1. The molecule has 1 aromatic carbocycles. The van der Waals surface area contributed by atoms with Gasteiger partial charge in [0.1, 0.15) is 0 Å². The molecule has 0 spiro atoms. The minimum atomic E-state index is 0.285. The Morgan fingerprint density at radius 2 is 2.18 bits per heavy atom. The van der Waals surface area contributed by atoms with Gasteiger partial charge in [0.2, 0.25) is 0 Å². The second kappa shape index (κ2) is 3.80. The van der Waals surface area contributed by atoms with Crippen molar-refractivity contribution in [3.63, 3.8) is 0 Å². The van der Waals surface area contributed by atoms with Crippen LogP contribution in [-0.4, -0.2) is 0 Å². The summed E-state index contributed by atoms with van der Waals surface area (Å²) in [4.78, 5) is 0. The van der Waals surface area contributed by atoms with Crippen molar-refractivity contribution >= 4 is 21.4 Å². The van der Waals surface area contributed by atoms with E-state index in [1.165, 1.54) is 22.1 Å². The van der Waals surface area contributed by atoms with Gasteiger partial charge >= 0.3 is 0 Å². The van der Waals surface area contributed by atoms with E-state index in [2.05, 4.69) is 48.9 Å². The molecular formula is C14H18N2S. The largest absolute Gasteiger partial charge is 0.271 e. The number of hydrazine groups is 1. The van der Waals surface area contributed by atoms with E-state index in [4.69, 9.17) is 5.84 Å². The molecule has 0 bridgehead atoms. The van der Waals surface area contributed by atoms with E-state index in [1.807, 2.05) is 11.3 Å². The zero-order valence-corrected chi connectivity index (χ0v) is 11.1. The molecule has 3 heteroatoms. The molecule has 0 radical (unpaired) electrons. The number of hydrogen-bond acceptors (Lipinski definition) is 3. The Bertz CT molecular complexity index is 544. The maximum atomic E-state index is 5.78. The predicted octanol–water partition coefficient (Wildman–Crippen LogP) is 3.45. The molecule has 1 aromatic heterocycles. The normalized spacial score (nSPS) is 23.8. The zero-order valence-electron chi connectivity index (χ0n) is 10.2. The van der Waals surface area contributed by atoms with Crippen LogP contribution in [0.15, 0.2) is 29.6 Å². The zero-order chi connectivity index (χ0) is 12.0. The van der Waals surface area contributed by atoms with Gasteiger partial charge in [0.15, 0.2) is 0 Å². The third kappa shape index (κ3) is 1.79. The second-order valence-corrected chi connectivity index (χ2v) is 6.55. The molecule has 3 N–H and O–H groups in total. The van der Waals surface area contributed by atoms with Gasteiger partial charge in [-0.15, -0.1) is 11.3 Å². The van der Waals surface area contributed by atoms with E-state index < -0.39 is 0 Å². The summed E-state index contributed by atoms with van der Waals surface area (Å²) in [5.74, 6) is 6.43. The van der Waals surface area contributed by atoms with E-state index >= 15 is 0 Å². The molecule has 1 aliphatic carbocycles. The molecule has 0 saturated heterocycles. The first-order valence-electron chi connectivity index (χ1n) is 6.06. The maximum Gasteiger partial charge on any atom is 0.0507 e. The molecule has 17 heavy (non-hydrogen) atoms. The van der Waals surface area contributed by atoms with Crippen LogP contribution in [0.3, 0.4) is 0 Å². The van der Waals surface area contributed by atoms with E-state index in [9.17, 15) is 0 Å². The molecule has 2 atom stereocenters. The highest BCUT2D eigenvalue weighted by Crippen LogP contribution is 2.58. The number of thiophene rings is 1. The van der Waals surface area contributed by atoms with Gasteiger partial charge in [0, 0.05) is 4.70 Å². The number of fused-ring (bicyclic) bond motifs is 1. The van der Waals surface area contributed by atoms with E-state index in [0.29, 0.717) is 11.3 Å². The number of hydrogen-bond donors (Lipinski definition) is 2. The Labute approximate surface area is 106 Å². The van der Waals surface area contributed by atoms with Crippen molar-refractivity contribution in [2.75, 3.05) is 0 Å². The highest BCUT2D eigenvalue weighted by Gasteiger charge is 2.50. The lowest BCUT2D eigenvalue weighted by molar-refractivity contribution is 0.425. The first-order chi connectivity index (χ1) is 8.13. The summed E-state index contributed by atoms with van der Waals surface area (Å²) < 4.78 is 1.37. The van der Waals surface area contributed by atoms with Gasteiger partial charge < -0.3 is 0 Å². The molecular weight excluding hydrogens is 228 g/mol. The summed E-state index contributed by atoms with van der Waals surface area (Å²) in [5, 5.41) is 3.48. The van der Waals surface area contributed by atoms with Crippen LogP contribution in [-0.2, 0) is 0 Å². The summed E-state index contributed by atoms with van der Waals surface area (Å²) in [6.45, 7) is 4.63. The van der Waals surface area contributed by atoms with E-state index in [1.54, 1.807) is 0 Å². The lowest BCUT2D eigenvalue weighted by Gasteiger charge is -2.19. The van der Waals surface area contributed by atoms with Crippen molar-refractivity contribution in [1.82, 2.24) is 5.43 Å². The Hall–Kier alpha value is -0.900. The highest BCUT2D eigenvalue weighted by molar-refractivity contribution is 7.17. The first kappa shape index (κ1) is 11.2. The van der Waals surface area contributed by atoms with E-state index in [-0.39, 0.29) is 6.04 Å². The average molecular weight is 246 g/mol. The SMILES string of the molecule is CC1(C)CC1C(NN)c1cccc2ccsc12. The summed E-state index contributed by atoms with van der Waals surface area (Å²) in [5.41, 5.74) is 4.81. The number of rotatable bonds is 3. The third-order valence-corrected chi connectivity index (χ3v) is 5.00. The van der Waals surface area contributed by atoms with Gasteiger partial charge in [0.05, 0.1) is 6.04 Å². The summed E-state index contributed by atoms with van der Waals surface area (Å²) in [7, 11) is 0. The smallest absolute Gasteiger partial charge is 0.0507 e. The minimum Gasteiger partial charge on any atom is -0.271 e. The molecule has 2 unspecified atom stereocenters. The molecule has 3 rings (SSSR count). The van der Waals surface area contributed by atoms with Crippen molar-refractivity contribution in [3.05, 3.63) is 35.2 Å². The van der Waals surface area contributed by atoms with Crippen molar-refractivity contribution in [2.45, 2.75) is 26.3 Å². The minimum absolute atomic E-state index is 0.285. The summed E-state index contributed by atoms with van der Waals surface area (Å²) >= 11 is 1.81. The quantitative estimate of drug-likeness (QED) is 0.643. The van der Waals surface area contributed by atoms with Crippen molar-refractivity contribution in [3.8, 4) is 0 Å². The summed E-state index contributed by atoms with van der Waals surface area (Å²) in [6, 6.07) is 8.96. The van der Waals surface area contributed by atoms with Crippen LogP contribution >= 0.6 is 11.3 Å². The van der Waals surface area contributed by atoms with Gasteiger partial charge in [-0.25, -0.2) is 0 Å². The molecule has 90 valence electrons. The van der Waals surface area contributed by atoms with Crippen LogP contribution in [0.5, 0.6) is 0 Å². The fourth-order valence-electron chi connectivity index (χ4n) is 2.76. The number of benzene rings is 1. The second-order valence-electron chi connectivity index (χ2n) is 5.63. The number of nitrogens with two attached hydrogens (primary N) is 1. The molecule has 1 heterocycles. The van der Waals surface area contributed by atoms with Gasteiger partial charge in [0.25, 0.3) is 0 Å². The van der Waals surface area contributed by atoms with Crippen LogP contribution in [0.2, 0.25) is 0 Å². The lowest BCUT2D eigenvalue weighted by atomic mass is 9.97. The van der Waals surface area contributed by atoms with Crippen LogP contribution in [0.1, 0.15) is 31.9 Å². The molecule has 2 nitrogen and oxygen atoms in total. The predicted molar refractivity (Wildman–Crippen MR) is 73.8 cm³/mol. The van der Waals surface area contributed by atoms with Gasteiger partial charge in [-0.2, -0.15) is 0 Å². The molecule has 2 aromatic rings. The third-order valence-electron chi connectivity index (χ3n) is 4.02. The maximum absolute atomic E-state index is 5.78. The fourth-order valence-corrected chi connectivity index (χ4v) is 3.71. The van der Waals surface area contributed by atoms with Crippen molar-refractivity contribution in [1.29, 1.82) is 0 Å². The Balaban J connectivity index is 2.04. The van der Waals surface area contributed by atoms with Crippen molar-refractivity contribution < 1.29 is 0 Å².